The lowest BCUT2D eigenvalue weighted by molar-refractivity contribution is 1.77. The molecule has 0 aliphatic rings. The fourth-order valence-corrected chi connectivity index (χ4v) is 10.8. The molecule has 0 aromatic heterocycles. The fraction of sp³-hybridized carbons (Fsp3) is 0. The van der Waals surface area contributed by atoms with Gasteiger partial charge in [0.2, 0.25) is 0 Å². The molecule has 0 fully saturated rings. The number of hydrogen-bond donors (Lipinski definition) is 0. The molecule has 4 aromatic rings. The predicted molar refractivity (Wildman–Crippen MR) is 121 cm³/mol. The molecule has 0 spiro atoms. The second-order valence-corrected chi connectivity index (χ2v) is 23.8. The van der Waals surface area contributed by atoms with Crippen LogP contribution in [0.5, 0.6) is 0 Å². The topological polar surface area (TPSA) is 0 Å². The Balaban J connectivity index is 2.02. The van der Waals surface area contributed by atoms with E-state index in [4.69, 9.17) is 0 Å². The first-order valence-corrected chi connectivity index (χ1v) is 15.7. The van der Waals surface area contributed by atoms with Gasteiger partial charge in [-0.2, -0.15) is 0 Å². The third-order valence-corrected chi connectivity index (χ3v) is 13.5. The summed E-state index contributed by atoms with van der Waals surface area (Å²) in [6, 6.07) is 30.9. The first-order valence-electron chi connectivity index (χ1n) is 7.52. The van der Waals surface area contributed by atoms with Crippen LogP contribution in [0.25, 0.3) is 21.5 Å². The summed E-state index contributed by atoms with van der Waals surface area (Å²) in [7, 11) is 0. The van der Waals surface area contributed by atoms with Crippen molar-refractivity contribution in [2.45, 2.75) is 0 Å². The summed E-state index contributed by atoms with van der Waals surface area (Å²) in [5.74, 6) is 0. The van der Waals surface area contributed by atoms with Gasteiger partial charge >= 0.3 is 0 Å². The molecule has 0 heterocycles. The molecule has 3 heteroatoms. The van der Waals surface area contributed by atoms with E-state index in [-0.39, 0.29) is 0 Å². The van der Waals surface area contributed by atoms with Crippen molar-refractivity contribution in [1.29, 1.82) is 0 Å². The Hall–Kier alpha value is -0.923. The Morgan fingerprint density at radius 2 is 0.870 bits per heavy atom. The van der Waals surface area contributed by atoms with Crippen LogP contribution < -0.4 is 10.4 Å². The Bertz CT molecular complexity index is 916. The van der Waals surface area contributed by atoms with Crippen LogP contribution in [0.2, 0.25) is 0 Å². The highest BCUT2D eigenvalue weighted by molar-refractivity contribution is 14.3. The van der Waals surface area contributed by atoms with Crippen LogP contribution >= 0.6 is 43.6 Å². The van der Waals surface area contributed by atoms with Crippen LogP contribution in [0, 0.1) is 0 Å². The quantitative estimate of drug-likeness (QED) is 0.183. The van der Waals surface area contributed by atoms with Crippen molar-refractivity contribution in [1.82, 2.24) is 0 Å². The van der Waals surface area contributed by atoms with Crippen LogP contribution in [-0.4, -0.2) is 3.07 Å². The van der Waals surface area contributed by atoms with Crippen molar-refractivity contribution in [3.8, 4) is 0 Å². The van der Waals surface area contributed by atoms with Gasteiger partial charge in [0.25, 0.3) is 3.07 Å². The van der Waals surface area contributed by atoms with Crippen LogP contribution in [0.3, 0.4) is 0 Å². The summed E-state index contributed by atoms with van der Waals surface area (Å²) in [6.45, 7) is 0. The second kappa shape index (κ2) is 6.18. The minimum absolute atomic E-state index is 1.33. The maximum atomic E-state index is 2.73. The molecule has 0 saturated carbocycles. The van der Waals surface area contributed by atoms with Crippen LogP contribution in [-0.2, 0) is 0 Å². The van der Waals surface area contributed by atoms with E-state index in [2.05, 4.69) is 129 Å². The van der Waals surface area contributed by atoms with Crippen molar-refractivity contribution in [2.24, 2.45) is 0 Å². The zero-order valence-electron chi connectivity index (χ0n) is 12.3. The molecule has 0 radical (unpaired) electrons. The van der Waals surface area contributed by atoms with Crippen LogP contribution in [0.15, 0.2) is 84.9 Å². The first kappa shape index (κ1) is 15.6. The third kappa shape index (κ3) is 2.72. The minimum atomic E-state index is -1.84. The zero-order valence-corrected chi connectivity index (χ0v) is 17.7. The summed E-state index contributed by atoms with van der Waals surface area (Å²) < 4.78 is -1.84. The second-order valence-electron chi connectivity index (χ2n) is 5.63. The molecular formula is C20H14I2Si. The molecule has 0 bridgehead atoms. The van der Waals surface area contributed by atoms with E-state index in [1.165, 1.54) is 31.9 Å². The summed E-state index contributed by atoms with van der Waals surface area (Å²) >= 11 is 5.46. The van der Waals surface area contributed by atoms with Crippen molar-refractivity contribution in [3.63, 3.8) is 0 Å². The summed E-state index contributed by atoms with van der Waals surface area (Å²) in [5.41, 5.74) is 0. The van der Waals surface area contributed by atoms with Crippen LogP contribution in [0.1, 0.15) is 0 Å². The van der Waals surface area contributed by atoms with E-state index in [1.807, 2.05) is 0 Å². The summed E-state index contributed by atoms with van der Waals surface area (Å²) in [4.78, 5) is 0. The molecule has 4 rings (SSSR count). The lowest BCUT2D eigenvalue weighted by Crippen LogP contribution is -2.47. The summed E-state index contributed by atoms with van der Waals surface area (Å²) in [5, 5.41) is 8.42. The SMILES string of the molecule is I[Si](I)(c1cccc2ccccc12)c1cccc2ccccc12. The third-order valence-electron chi connectivity index (χ3n) is 4.26. The van der Waals surface area contributed by atoms with E-state index in [0.717, 1.165) is 0 Å². The van der Waals surface area contributed by atoms with Gasteiger partial charge in [-0.3, -0.25) is 0 Å². The van der Waals surface area contributed by atoms with Crippen molar-refractivity contribution in [3.05, 3.63) is 84.9 Å². The van der Waals surface area contributed by atoms with Crippen LogP contribution in [0.4, 0.5) is 0 Å². The van der Waals surface area contributed by atoms with Crippen molar-refractivity contribution < 1.29 is 0 Å². The highest BCUT2D eigenvalue weighted by Gasteiger charge is 2.34. The molecular weight excluding hydrogens is 522 g/mol. The molecule has 0 aliphatic carbocycles. The average molecular weight is 536 g/mol. The average Bonchev–Trinajstić information content (AvgIpc) is 2.60. The molecule has 0 aliphatic heterocycles. The van der Waals surface area contributed by atoms with Gasteiger partial charge in [-0.05, 0) is 31.9 Å². The smallest absolute Gasteiger partial charge is 0.0922 e. The molecule has 23 heavy (non-hydrogen) atoms. The Morgan fingerprint density at radius 1 is 0.478 bits per heavy atom. The molecule has 0 amide bonds. The highest BCUT2D eigenvalue weighted by Crippen LogP contribution is 2.28. The Kier molecular flexibility index (Phi) is 4.19. The predicted octanol–water partition coefficient (Wildman–Crippen LogP) is 5.42. The van der Waals surface area contributed by atoms with Gasteiger partial charge in [0.15, 0.2) is 0 Å². The van der Waals surface area contributed by atoms with E-state index in [9.17, 15) is 0 Å². The van der Waals surface area contributed by atoms with E-state index >= 15 is 0 Å². The van der Waals surface area contributed by atoms with E-state index in [0.29, 0.717) is 0 Å². The molecule has 0 atom stereocenters. The lowest BCUT2D eigenvalue weighted by atomic mass is 10.1. The zero-order chi connectivity index (χ0) is 15.9. The number of hydrogen-bond acceptors (Lipinski definition) is 0. The Labute approximate surface area is 162 Å². The monoisotopic (exact) mass is 536 g/mol. The lowest BCUT2D eigenvalue weighted by Gasteiger charge is -2.23. The summed E-state index contributed by atoms with van der Waals surface area (Å²) in [6.07, 6.45) is 0. The molecule has 0 unspecified atom stereocenters. The minimum Gasteiger partial charge on any atom is -0.0922 e. The van der Waals surface area contributed by atoms with Gasteiger partial charge in [0, 0.05) is 0 Å². The number of fused-ring (bicyclic) bond motifs is 2. The van der Waals surface area contributed by atoms with Gasteiger partial charge in [0.05, 0.1) is 0 Å². The van der Waals surface area contributed by atoms with Crippen molar-refractivity contribution >= 4 is 78.6 Å². The maximum absolute atomic E-state index is 2.73. The van der Waals surface area contributed by atoms with Gasteiger partial charge in [-0.25, -0.2) is 0 Å². The molecule has 0 N–H and O–H groups in total. The number of halogens is 2. The Morgan fingerprint density at radius 3 is 1.35 bits per heavy atom. The highest BCUT2D eigenvalue weighted by atomic mass is 127. The molecule has 0 nitrogen and oxygen atoms in total. The molecule has 0 saturated heterocycles. The van der Waals surface area contributed by atoms with Gasteiger partial charge in [0.1, 0.15) is 0 Å². The fourth-order valence-electron chi connectivity index (χ4n) is 3.14. The van der Waals surface area contributed by atoms with E-state index in [1.54, 1.807) is 0 Å². The van der Waals surface area contributed by atoms with Gasteiger partial charge in [-0.15, -0.1) is 0 Å². The first-order chi connectivity index (χ1) is 11.2. The molecule has 4 aromatic carbocycles. The maximum Gasteiger partial charge on any atom is 0.251 e. The van der Waals surface area contributed by atoms with E-state index < -0.39 is 3.07 Å². The standard InChI is InChI=1S/C20H14I2Si/c21-23(22,19-13-5-9-15-7-1-3-11-17(15)19)20-14-6-10-16-8-2-4-12-18(16)20/h1-14H. The number of benzene rings is 4. The molecule has 112 valence electrons. The number of rotatable bonds is 2. The normalized spacial score (nSPS) is 11.9. The van der Waals surface area contributed by atoms with Gasteiger partial charge in [-0.1, -0.05) is 129 Å². The largest absolute Gasteiger partial charge is 0.251 e. The van der Waals surface area contributed by atoms with Gasteiger partial charge < -0.3 is 0 Å². The van der Waals surface area contributed by atoms with Crippen molar-refractivity contribution in [2.75, 3.05) is 0 Å².